The molecule has 2 heterocycles. The molecule has 0 atom stereocenters. The topological polar surface area (TPSA) is 66.5 Å². The number of hydrogen-bond donors (Lipinski definition) is 1. The minimum atomic E-state index is -4.64. The summed E-state index contributed by atoms with van der Waals surface area (Å²) in [6, 6.07) is 8.02. The Morgan fingerprint density at radius 3 is 2.56 bits per heavy atom. The van der Waals surface area contributed by atoms with Crippen molar-refractivity contribution < 1.29 is 27.6 Å². The van der Waals surface area contributed by atoms with E-state index >= 15 is 0 Å². The summed E-state index contributed by atoms with van der Waals surface area (Å²) in [5.74, 6) is -1.55. The van der Waals surface area contributed by atoms with Crippen LogP contribution in [-0.4, -0.2) is 28.5 Å². The van der Waals surface area contributed by atoms with E-state index in [2.05, 4.69) is 5.32 Å². The van der Waals surface area contributed by atoms with Gasteiger partial charge in [-0.2, -0.15) is 13.2 Å². The SMILES string of the molecule is O=C(CN1C(=O)S/C(=C\c2cccs2)C1=O)Nc1ccccc1C(F)(F)F. The number of carbonyl (C=O) groups is 3. The van der Waals surface area contributed by atoms with Crippen LogP contribution in [0.1, 0.15) is 10.4 Å². The summed E-state index contributed by atoms with van der Waals surface area (Å²) in [5.41, 5.74) is -1.44. The highest BCUT2D eigenvalue weighted by molar-refractivity contribution is 8.18. The highest BCUT2D eigenvalue weighted by atomic mass is 32.2. The number of halogens is 3. The van der Waals surface area contributed by atoms with Gasteiger partial charge in [-0.15, -0.1) is 11.3 Å². The molecule has 1 aliphatic rings. The van der Waals surface area contributed by atoms with Crippen LogP contribution >= 0.6 is 23.1 Å². The predicted molar refractivity (Wildman–Crippen MR) is 97.1 cm³/mol. The first kappa shape index (κ1) is 19.2. The highest BCUT2D eigenvalue weighted by Crippen LogP contribution is 2.35. The minimum absolute atomic E-state index is 0.158. The molecule has 0 radical (unpaired) electrons. The van der Waals surface area contributed by atoms with Gasteiger partial charge in [0.05, 0.1) is 16.2 Å². The van der Waals surface area contributed by atoms with Gasteiger partial charge in [0.15, 0.2) is 0 Å². The predicted octanol–water partition coefficient (Wildman–Crippen LogP) is 4.44. The maximum absolute atomic E-state index is 13.0. The van der Waals surface area contributed by atoms with Gasteiger partial charge in [0.2, 0.25) is 5.91 Å². The Morgan fingerprint density at radius 2 is 1.89 bits per heavy atom. The fraction of sp³-hybridized carbons (Fsp3) is 0.118. The molecule has 5 nitrogen and oxygen atoms in total. The molecule has 0 spiro atoms. The summed E-state index contributed by atoms with van der Waals surface area (Å²) in [4.78, 5) is 38.1. The van der Waals surface area contributed by atoms with Crippen LogP contribution in [0.15, 0.2) is 46.7 Å². The Morgan fingerprint density at radius 1 is 1.15 bits per heavy atom. The number of nitrogens with zero attached hydrogens (tertiary/aromatic N) is 1. The quantitative estimate of drug-likeness (QED) is 0.754. The highest BCUT2D eigenvalue weighted by Gasteiger charge is 2.37. The number of hydrogen-bond acceptors (Lipinski definition) is 5. The van der Waals surface area contributed by atoms with Gasteiger partial charge in [-0.3, -0.25) is 19.3 Å². The second-order valence-corrected chi connectivity index (χ2v) is 7.35. The molecule has 1 aliphatic heterocycles. The second-order valence-electron chi connectivity index (χ2n) is 5.37. The van der Waals surface area contributed by atoms with Gasteiger partial charge in [-0.05, 0) is 41.4 Å². The molecule has 0 saturated carbocycles. The summed E-state index contributed by atoms with van der Waals surface area (Å²) >= 11 is 2.06. The number of nitrogens with one attached hydrogen (secondary N) is 1. The van der Waals surface area contributed by atoms with E-state index in [9.17, 15) is 27.6 Å². The van der Waals surface area contributed by atoms with Crippen molar-refractivity contribution in [3.8, 4) is 0 Å². The summed E-state index contributed by atoms with van der Waals surface area (Å²) < 4.78 is 38.9. The Balaban J connectivity index is 1.72. The molecule has 27 heavy (non-hydrogen) atoms. The van der Waals surface area contributed by atoms with E-state index < -0.39 is 41.0 Å². The van der Waals surface area contributed by atoms with Gasteiger partial charge in [-0.1, -0.05) is 18.2 Å². The molecule has 1 fully saturated rings. The first-order valence-corrected chi connectivity index (χ1v) is 9.20. The number of thiophene rings is 1. The molecule has 0 unspecified atom stereocenters. The van der Waals surface area contributed by atoms with Crippen LogP contribution in [0, 0.1) is 0 Å². The lowest BCUT2D eigenvalue weighted by atomic mass is 10.1. The van der Waals surface area contributed by atoms with E-state index in [1.54, 1.807) is 12.1 Å². The Kier molecular flexibility index (Phi) is 5.38. The van der Waals surface area contributed by atoms with E-state index in [1.807, 2.05) is 5.38 Å². The molecule has 1 aromatic carbocycles. The second kappa shape index (κ2) is 7.57. The lowest BCUT2D eigenvalue weighted by Crippen LogP contribution is -2.36. The Bertz CT molecular complexity index is 924. The lowest BCUT2D eigenvalue weighted by molar-refractivity contribution is -0.137. The monoisotopic (exact) mass is 412 g/mol. The maximum atomic E-state index is 13.0. The molecule has 1 saturated heterocycles. The van der Waals surface area contributed by atoms with Crippen LogP contribution in [0.25, 0.3) is 6.08 Å². The standard InChI is InChI=1S/C17H11F3N2O3S2/c18-17(19,20)11-5-1-2-6-12(11)21-14(23)9-22-15(24)13(27-16(22)25)8-10-4-3-7-26-10/h1-8H,9H2,(H,21,23)/b13-8-. The van der Waals surface area contributed by atoms with E-state index in [0.717, 1.165) is 17.0 Å². The number of amides is 3. The Hall–Kier alpha value is -2.59. The third-order valence-corrected chi connectivity index (χ3v) is 5.23. The van der Waals surface area contributed by atoms with Crippen molar-refractivity contribution in [1.82, 2.24) is 4.90 Å². The maximum Gasteiger partial charge on any atom is 0.418 e. The van der Waals surface area contributed by atoms with Gasteiger partial charge < -0.3 is 5.32 Å². The number of anilines is 1. The van der Waals surface area contributed by atoms with Gasteiger partial charge in [0, 0.05) is 4.88 Å². The summed E-state index contributed by atoms with van der Waals surface area (Å²) in [6.45, 7) is -0.668. The average molecular weight is 412 g/mol. The zero-order valence-electron chi connectivity index (χ0n) is 13.4. The van der Waals surface area contributed by atoms with Gasteiger partial charge in [0.25, 0.3) is 11.1 Å². The van der Waals surface area contributed by atoms with Crippen molar-refractivity contribution in [3.63, 3.8) is 0 Å². The van der Waals surface area contributed by atoms with Gasteiger partial charge in [0.1, 0.15) is 6.54 Å². The van der Waals surface area contributed by atoms with Crippen LogP contribution in [-0.2, 0) is 15.8 Å². The molecule has 0 aliphatic carbocycles. The lowest BCUT2D eigenvalue weighted by Gasteiger charge is -2.15. The number of thioether (sulfide) groups is 1. The minimum Gasteiger partial charge on any atom is -0.324 e. The van der Waals surface area contributed by atoms with E-state index in [-0.39, 0.29) is 4.91 Å². The summed E-state index contributed by atoms with van der Waals surface area (Å²) in [6.07, 6.45) is -3.11. The van der Waals surface area contributed by atoms with Crippen molar-refractivity contribution in [1.29, 1.82) is 0 Å². The van der Waals surface area contributed by atoms with Gasteiger partial charge in [-0.25, -0.2) is 0 Å². The fourth-order valence-electron chi connectivity index (χ4n) is 2.31. The third-order valence-electron chi connectivity index (χ3n) is 3.50. The molecule has 0 bridgehead atoms. The summed E-state index contributed by atoms with van der Waals surface area (Å²) in [7, 11) is 0. The molecule has 3 amide bonds. The van der Waals surface area contributed by atoms with E-state index in [0.29, 0.717) is 16.7 Å². The largest absolute Gasteiger partial charge is 0.418 e. The van der Waals surface area contributed by atoms with Crippen molar-refractivity contribution in [3.05, 3.63) is 57.1 Å². The number of alkyl halides is 3. The molecule has 1 aromatic heterocycles. The number of imide groups is 1. The average Bonchev–Trinajstić information content (AvgIpc) is 3.19. The van der Waals surface area contributed by atoms with Crippen LogP contribution in [0.4, 0.5) is 23.7 Å². The first-order chi connectivity index (χ1) is 12.8. The van der Waals surface area contributed by atoms with Crippen LogP contribution < -0.4 is 5.32 Å². The number of para-hydroxylation sites is 1. The molecule has 3 rings (SSSR count). The molecule has 2 aromatic rings. The molecular formula is C17H11F3N2O3S2. The molecule has 10 heteroatoms. The van der Waals surface area contributed by atoms with E-state index in [1.165, 1.54) is 29.5 Å². The molecular weight excluding hydrogens is 401 g/mol. The van der Waals surface area contributed by atoms with Crippen LogP contribution in [0.5, 0.6) is 0 Å². The zero-order chi connectivity index (χ0) is 19.6. The Labute approximate surface area is 159 Å². The smallest absolute Gasteiger partial charge is 0.324 e. The van der Waals surface area contributed by atoms with Crippen molar-refractivity contribution in [2.75, 3.05) is 11.9 Å². The van der Waals surface area contributed by atoms with Gasteiger partial charge >= 0.3 is 6.18 Å². The first-order valence-electron chi connectivity index (χ1n) is 7.50. The van der Waals surface area contributed by atoms with Crippen LogP contribution in [0.2, 0.25) is 0 Å². The normalized spacial score (nSPS) is 16.3. The van der Waals surface area contributed by atoms with Crippen molar-refractivity contribution >= 4 is 51.9 Å². The summed E-state index contributed by atoms with van der Waals surface area (Å²) in [5, 5.41) is 3.27. The zero-order valence-corrected chi connectivity index (χ0v) is 15.1. The number of rotatable bonds is 4. The van der Waals surface area contributed by atoms with Crippen molar-refractivity contribution in [2.45, 2.75) is 6.18 Å². The third kappa shape index (κ3) is 4.40. The van der Waals surface area contributed by atoms with Crippen molar-refractivity contribution in [2.24, 2.45) is 0 Å². The van der Waals surface area contributed by atoms with Crippen LogP contribution in [0.3, 0.4) is 0 Å². The van der Waals surface area contributed by atoms with E-state index in [4.69, 9.17) is 0 Å². The number of benzene rings is 1. The molecule has 1 N–H and O–H groups in total. The number of carbonyl (C=O) groups excluding carboxylic acids is 3. The fourth-order valence-corrected chi connectivity index (χ4v) is 3.87. The molecule has 140 valence electrons.